The lowest BCUT2D eigenvalue weighted by atomic mass is 9.82. The molecule has 18 heavy (non-hydrogen) atoms. The summed E-state index contributed by atoms with van der Waals surface area (Å²) in [6, 6.07) is 4.60. The van der Waals surface area contributed by atoms with Gasteiger partial charge in [-0.1, -0.05) is 13.8 Å². The highest BCUT2D eigenvalue weighted by Gasteiger charge is 2.24. The van der Waals surface area contributed by atoms with Crippen LogP contribution in [0.3, 0.4) is 0 Å². The molecule has 100 valence electrons. The predicted molar refractivity (Wildman–Crippen MR) is 71.6 cm³/mol. The number of hydrogen-bond acceptors (Lipinski definition) is 2. The molecule has 0 radical (unpaired) electrons. The summed E-state index contributed by atoms with van der Waals surface area (Å²) in [4.78, 5) is 0. The van der Waals surface area contributed by atoms with Crippen LogP contribution in [0.4, 0.5) is 10.1 Å². The number of rotatable bonds is 3. The molecule has 2 unspecified atom stereocenters. The van der Waals surface area contributed by atoms with Crippen molar-refractivity contribution in [2.45, 2.75) is 45.8 Å². The van der Waals surface area contributed by atoms with Crippen LogP contribution in [-0.2, 0) is 11.3 Å². The van der Waals surface area contributed by atoms with Gasteiger partial charge in [0.2, 0.25) is 0 Å². The molecule has 0 saturated heterocycles. The average molecular weight is 251 g/mol. The Morgan fingerprint density at radius 1 is 1.17 bits per heavy atom. The van der Waals surface area contributed by atoms with E-state index in [4.69, 9.17) is 10.5 Å². The highest BCUT2D eigenvalue weighted by Crippen LogP contribution is 2.30. The van der Waals surface area contributed by atoms with Crippen LogP contribution in [0, 0.1) is 17.7 Å². The van der Waals surface area contributed by atoms with Crippen LogP contribution in [0.15, 0.2) is 18.2 Å². The highest BCUT2D eigenvalue weighted by atomic mass is 19.1. The molecule has 2 rings (SSSR count). The van der Waals surface area contributed by atoms with Gasteiger partial charge in [-0.3, -0.25) is 0 Å². The van der Waals surface area contributed by atoms with Crippen molar-refractivity contribution in [3.8, 4) is 0 Å². The van der Waals surface area contributed by atoms with Gasteiger partial charge in [0, 0.05) is 5.69 Å². The Kier molecular flexibility index (Phi) is 4.23. The Bertz CT molecular complexity index is 377. The topological polar surface area (TPSA) is 35.2 Å². The van der Waals surface area contributed by atoms with Gasteiger partial charge in [0.05, 0.1) is 12.7 Å². The molecule has 0 amide bonds. The lowest BCUT2D eigenvalue weighted by Gasteiger charge is -2.31. The van der Waals surface area contributed by atoms with Crippen LogP contribution in [0.5, 0.6) is 0 Å². The molecule has 1 aliphatic carbocycles. The predicted octanol–water partition coefficient (Wildman–Crippen LogP) is 3.75. The minimum atomic E-state index is -0.293. The summed E-state index contributed by atoms with van der Waals surface area (Å²) >= 11 is 0. The van der Waals surface area contributed by atoms with E-state index in [-0.39, 0.29) is 5.82 Å². The van der Waals surface area contributed by atoms with Crippen molar-refractivity contribution in [2.75, 3.05) is 5.73 Å². The summed E-state index contributed by atoms with van der Waals surface area (Å²) in [5, 5.41) is 0. The zero-order valence-corrected chi connectivity index (χ0v) is 11.2. The molecule has 1 aromatic carbocycles. The maximum absolute atomic E-state index is 13.2. The number of halogens is 1. The number of anilines is 1. The lowest BCUT2D eigenvalue weighted by Crippen LogP contribution is -2.26. The van der Waals surface area contributed by atoms with E-state index >= 15 is 0 Å². The zero-order chi connectivity index (χ0) is 13.1. The van der Waals surface area contributed by atoms with E-state index in [0.717, 1.165) is 30.2 Å². The second-order valence-corrected chi connectivity index (χ2v) is 5.74. The van der Waals surface area contributed by atoms with E-state index in [1.54, 1.807) is 6.07 Å². The van der Waals surface area contributed by atoms with Gasteiger partial charge in [-0.15, -0.1) is 0 Å². The normalized spacial score (nSPS) is 28.3. The van der Waals surface area contributed by atoms with Crippen molar-refractivity contribution in [1.82, 2.24) is 0 Å². The Hall–Kier alpha value is -1.09. The molecule has 2 nitrogen and oxygen atoms in total. The van der Waals surface area contributed by atoms with Gasteiger partial charge in [-0.2, -0.15) is 0 Å². The van der Waals surface area contributed by atoms with E-state index in [9.17, 15) is 4.39 Å². The van der Waals surface area contributed by atoms with Crippen LogP contribution in [0.1, 0.15) is 38.7 Å². The summed E-state index contributed by atoms with van der Waals surface area (Å²) in [5.74, 6) is 1.15. The monoisotopic (exact) mass is 251 g/mol. The number of hydrogen-bond donors (Lipinski definition) is 1. The molecule has 1 fully saturated rings. The van der Waals surface area contributed by atoms with Gasteiger partial charge < -0.3 is 10.5 Å². The minimum absolute atomic E-state index is 0.293. The number of benzene rings is 1. The quantitative estimate of drug-likeness (QED) is 0.830. The average Bonchev–Trinajstić information content (AvgIpc) is 2.23. The standard InChI is InChI=1S/C15H22FNO/c1-10-3-11(2)5-15(4-10)18-9-12-6-13(16)8-14(17)7-12/h6-8,10-11,15H,3-5,9,17H2,1-2H3. The third kappa shape index (κ3) is 3.70. The first-order chi connectivity index (χ1) is 8.52. The molecule has 0 spiro atoms. The fraction of sp³-hybridized carbons (Fsp3) is 0.600. The Morgan fingerprint density at radius 3 is 2.44 bits per heavy atom. The van der Waals surface area contributed by atoms with Crippen LogP contribution >= 0.6 is 0 Å². The molecular weight excluding hydrogens is 229 g/mol. The molecule has 1 saturated carbocycles. The molecule has 0 bridgehead atoms. The summed E-state index contributed by atoms with van der Waals surface area (Å²) in [7, 11) is 0. The lowest BCUT2D eigenvalue weighted by molar-refractivity contribution is -0.00922. The number of nitrogens with two attached hydrogens (primary N) is 1. The van der Waals surface area contributed by atoms with Crippen molar-refractivity contribution in [2.24, 2.45) is 11.8 Å². The molecule has 3 heteroatoms. The summed E-state index contributed by atoms with van der Waals surface area (Å²) < 4.78 is 19.1. The Balaban J connectivity index is 1.90. The SMILES string of the molecule is CC1CC(C)CC(OCc2cc(N)cc(F)c2)C1. The maximum atomic E-state index is 13.2. The zero-order valence-electron chi connectivity index (χ0n) is 11.2. The number of nitrogen functional groups attached to an aromatic ring is 1. The maximum Gasteiger partial charge on any atom is 0.125 e. The summed E-state index contributed by atoms with van der Waals surface area (Å²) in [6.45, 7) is 4.99. The first-order valence-corrected chi connectivity index (χ1v) is 6.69. The van der Waals surface area contributed by atoms with Crippen molar-refractivity contribution in [1.29, 1.82) is 0 Å². The van der Waals surface area contributed by atoms with Crippen molar-refractivity contribution in [3.63, 3.8) is 0 Å². The van der Waals surface area contributed by atoms with Gasteiger partial charge in [0.1, 0.15) is 5.82 Å². The molecule has 2 atom stereocenters. The molecule has 1 aromatic rings. The van der Waals surface area contributed by atoms with Gasteiger partial charge >= 0.3 is 0 Å². The van der Waals surface area contributed by atoms with Gasteiger partial charge in [-0.25, -0.2) is 4.39 Å². The summed E-state index contributed by atoms with van der Waals surface area (Å²) in [6.07, 6.45) is 3.80. The van der Waals surface area contributed by atoms with E-state index < -0.39 is 0 Å². The van der Waals surface area contributed by atoms with Gasteiger partial charge in [-0.05, 0) is 54.9 Å². The smallest absolute Gasteiger partial charge is 0.125 e. The Morgan fingerprint density at radius 2 is 1.83 bits per heavy atom. The third-order valence-corrected chi connectivity index (χ3v) is 3.60. The fourth-order valence-electron chi connectivity index (χ4n) is 2.98. The van der Waals surface area contributed by atoms with Crippen LogP contribution < -0.4 is 5.73 Å². The van der Waals surface area contributed by atoms with E-state index in [1.165, 1.54) is 18.6 Å². The van der Waals surface area contributed by atoms with Crippen molar-refractivity contribution < 1.29 is 9.13 Å². The Labute approximate surface area is 108 Å². The van der Waals surface area contributed by atoms with Gasteiger partial charge in [0.25, 0.3) is 0 Å². The molecule has 0 aromatic heterocycles. The molecular formula is C15H22FNO. The van der Waals surface area contributed by atoms with E-state index in [2.05, 4.69) is 13.8 Å². The minimum Gasteiger partial charge on any atom is -0.399 e. The molecule has 2 N–H and O–H groups in total. The van der Waals surface area contributed by atoms with E-state index in [0.29, 0.717) is 18.4 Å². The van der Waals surface area contributed by atoms with Gasteiger partial charge in [0.15, 0.2) is 0 Å². The van der Waals surface area contributed by atoms with Crippen molar-refractivity contribution >= 4 is 5.69 Å². The molecule has 0 aliphatic heterocycles. The van der Waals surface area contributed by atoms with Crippen LogP contribution in [-0.4, -0.2) is 6.10 Å². The van der Waals surface area contributed by atoms with Crippen LogP contribution in [0.2, 0.25) is 0 Å². The first kappa shape index (κ1) is 13.3. The first-order valence-electron chi connectivity index (χ1n) is 6.69. The van der Waals surface area contributed by atoms with E-state index in [1.807, 2.05) is 0 Å². The van der Waals surface area contributed by atoms with Crippen LogP contribution in [0.25, 0.3) is 0 Å². The third-order valence-electron chi connectivity index (χ3n) is 3.60. The highest BCUT2D eigenvalue weighted by molar-refractivity contribution is 5.41. The summed E-state index contributed by atoms with van der Waals surface area (Å²) in [5.41, 5.74) is 6.89. The molecule has 0 heterocycles. The van der Waals surface area contributed by atoms with Crippen molar-refractivity contribution in [3.05, 3.63) is 29.6 Å². The second kappa shape index (κ2) is 5.70. The second-order valence-electron chi connectivity index (χ2n) is 5.74. The molecule has 1 aliphatic rings. The largest absolute Gasteiger partial charge is 0.399 e. The number of ether oxygens (including phenoxy) is 1. The fourth-order valence-corrected chi connectivity index (χ4v) is 2.98.